The number of carbonyl (C=O) groups is 1. The SMILES string of the molecule is CCCCN1C(=O)C(N)c2cc(Cl)ccc21. The van der Waals surface area contributed by atoms with Crippen LogP contribution in [0.25, 0.3) is 0 Å². The van der Waals surface area contributed by atoms with Crippen molar-refractivity contribution in [3.8, 4) is 0 Å². The van der Waals surface area contributed by atoms with Gasteiger partial charge in [-0.2, -0.15) is 0 Å². The molecule has 16 heavy (non-hydrogen) atoms. The minimum atomic E-state index is -0.550. The molecule has 0 spiro atoms. The molecule has 2 rings (SSSR count). The third-order valence-electron chi connectivity index (χ3n) is 2.88. The number of nitrogens with two attached hydrogens (primary N) is 1. The Morgan fingerprint density at radius 2 is 2.25 bits per heavy atom. The maximum atomic E-state index is 11.9. The van der Waals surface area contributed by atoms with Gasteiger partial charge in [0.05, 0.1) is 0 Å². The van der Waals surface area contributed by atoms with E-state index < -0.39 is 6.04 Å². The fraction of sp³-hybridized carbons (Fsp3) is 0.417. The van der Waals surface area contributed by atoms with Gasteiger partial charge in [-0.05, 0) is 24.6 Å². The van der Waals surface area contributed by atoms with E-state index in [0.29, 0.717) is 5.02 Å². The van der Waals surface area contributed by atoms with E-state index in [0.717, 1.165) is 30.6 Å². The van der Waals surface area contributed by atoms with Crippen molar-refractivity contribution in [2.75, 3.05) is 11.4 Å². The smallest absolute Gasteiger partial charge is 0.248 e. The number of unbranched alkanes of at least 4 members (excludes halogenated alkanes) is 1. The fourth-order valence-electron chi connectivity index (χ4n) is 1.99. The summed E-state index contributed by atoms with van der Waals surface area (Å²) in [6.07, 6.45) is 2.04. The number of amides is 1. The van der Waals surface area contributed by atoms with Crippen LogP contribution in [0.15, 0.2) is 18.2 Å². The van der Waals surface area contributed by atoms with E-state index in [2.05, 4.69) is 6.92 Å². The lowest BCUT2D eigenvalue weighted by Crippen LogP contribution is -2.32. The molecule has 1 aromatic rings. The Morgan fingerprint density at radius 3 is 2.94 bits per heavy atom. The van der Waals surface area contributed by atoms with E-state index in [1.54, 1.807) is 17.0 Å². The molecule has 0 aliphatic carbocycles. The first-order valence-corrected chi connectivity index (χ1v) is 5.89. The summed E-state index contributed by atoms with van der Waals surface area (Å²) >= 11 is 5.90. The standard InChI is InChI=1S/C12H15ClN2O/c1-2-3-6-15-10-5-4-8(13)7-9(10)11(14)12(15)16/h4-5,7,11H,2-3,6,14H2,1H3. The molecule has 3 nitrogen and oxygen atoms in total. The second kappa shape index (κ2) is 4.44. The molecule has 1 aliphatic heterocycles. The normalized spacial score (nSPS) is 19.1. The van der Waals surface area contributed by atoms with E-state index in [4.69, 9.17) is 17.3 Å². The van der Waals surface area contributed by atoms with Gasteiger partial charge in [-0.3, -0.25) is 4.79 Å². The zero-order valence-corrected chi connectivity index (χ0v) is 10.00. The van der Waals surface area contributed by atoms with Gasteiger partial charge in [0.2, 0.25) is 5.91 Å². The van der Waals surface area contributed by atoms with Crippen LogP contribution in [0.4, 0.5) is 5.69 Å². The number of hydrogen-bond acceptors (Lipinski definition) is 2. The topological polar surface area (TPSA) is 46.3 Å². The maximum absolute atomic E-state index is 11.9. The Bertz CT molecular complexity index is 419. The van der Waals surface area contributed by atoms with Crippen molar-refractivity contribution in [1.29, 1.82) is 0 Å². The number of halogens is 1. The highest BCUT2D eigenvalue weighted by atomic mass is 35.5. The first-order chi connectivity index (χ1) is 7.65. The second-order valence-electron chi connectivity index (χ2n) is 4.02. The number of rotatable bonds is 3. The summed E-state index contributed by atoms with van der Waals surface area (Å²) in [7, 11) is 0. The van der Waals surface area contributed by atoms with Gasteiger partial charge >= 0.3 is 0 Å². The lowest BCUT2D eigenvalue weighted by molar-refractivity contribution is -0.119. The average molecular weight is 239 g/mol. The predicted molar refractivity (Wildman–Crippen MR) is 65.6 cm³/mol. The summed E-state index contributed by atoms with van der Waals surface area (Å²) < 4.78 is 0. The van der Waals surface area contributed by atoms with Crippen LogP contribution in [0.5, 0.6) is 0 Å². The molecule has 0 radical (unpaired) electrons. The molecule has 1 amide bonds. The number of carbonyl (C=O) groups excluding carboxylic acids is 1. The minimum Gasteiger partial charge on any atom is -0.316 e. The number of anilines is 1. The molecule has 0 saturated carbocycles. The quantitative estimate of drug-likeness (QED) is 0.880. The van der Waals surface area contributed by atoms with Gasteiger partial charge in [0.1, 0.15) is 6.04 Å². The summed E-state index contributed by atoms with van der Waals surface area (Å²) in [5.74, 6) is -0.0225. The molecule has 4 heteroatoms. The van der Waals surface area contributed by atoms with Gasteiger partial charge in [0.25, 0.3) is 0 Å². The number of nitrogens with zero attached hydrogens (tertiary/aromatic N) is 1. The van der Waals surface area contributed by atoms with Gasteiger partial charge in [-0.15, -0.1) is 0 Å². The zero-order valence-electron chi connectivity index (χ0n) is 9.24. The van der Waals surface area contributed by atoms with Crippen LogP contribution in [0.1, 0.15) is 31.4 Å². The van der Waals surface area contributed by atoms with Crippen molar-refractivity contribution in [2.45, 2.75) is 25.8 Å². The summed E-state index contributed by atoms with van der Waals surface area (Å²) in [6, 6.07) is 4.90. The van der Waals surface area contributed by atoms with Crippen LogP contribution >= 0.6 is 11.6 Å². The molecular weight excluding hydrogens is 224 g/mol. The van der Waals surface area contributed by atoms with Crippen LogP contribution in [0, 0.1) is 0 Å². The van der Waals surface area contributed by atoms with Gasteiger partial charge in [-0.1, -0.05) is 24.9 Å². The van der Waals surface area contributed by atoms with Crippen LogP contribution in [-0.4, -0.2) is 12.5 Å². The zero-order chi connectivity index (χ0) is 11.7. The largest absolute Gasteiger partial charge is 0.316 e. The molecule has 86 valence electrons. The molecule has 1 unspecified atom stereocenters. The monoisotopic (exact) mass is 238 g/mol. The molecule has 1 aromatic carbocycles. The average Bonchev–Trinajstić information content (AvgIpc) is 2.50. The van der Waals surface area contributed by atoms with Crippen LogP contribution in [0.3, 0.4) is 0 Å². The van der Waals surface area contributed by atoms with Gasteiger partial charge in [0.15, 0.2) is 0 Å². The number of benzene rings is 1. The van der Waals surface area contributed by atoms with Gasteiger partial charge < -0.3 is 10.6 Å². The summed E-state index contributed by atoms with van der Waals surface area (Å²) in [4.78, 5) is 13.7. The first-order valence-electron chi connectivity index (χ1n) is 5.51. The van der Waals surface area contributed by atoms with Crippen LogP contribution in [-0.2, 0) is 4.79 Å². The Morgan fingerprint density at radius 1 is 1.50 bits per heavy atom. The number of hydrogen-bond donors (Lipinski definition) is 1. The Labute approximate surface area is 100 Å². The fourth-order valence-corrected chi connectivity index (χ4v) is 2.17. The summed E-state index contributed by atoms with van der Waals surface area (Å²) in [5, 5.41) is 0.624. The van der Waals surface area contributed by atoms with Gasteiger partial charge in [0, 0.05) is 22.8 Å². The first kappa shape index (κ1) is 11.4. The van der Waals surface area contributed by atoms with Crippen molar-refractivity contribution >= 4 is 23.2 Å². The van der Waals surface area contributed by atoms with Crippen molar-refractivity contribution in [3.63, 3.8) is 0 Å². The van der Waals surface area contributed by atoms with E-state index in [9.17, 15) is 4.79 Å². The van der Waals surface area contributed by atoms with E-state index in [-0.39, 0.29) is 5.91 Å². The Hall–Kier alpha value is -1.06. The van der Waals surface area contributed by atoms with Crippen molar-refractivity contribution < 1.29 is 4.79 Å². The summed E-state index contributed by atoms with van der Waals surface area (Å²) in [6.45, 7) is 2.83. The highest BCUT2D eigenvalue weighted by molar-refractivity contribution is 6.31. The molecule has 1 heterocycles. The third-order valence-corrected chi connectivity index (χ3v) is 3.12. The van der Waals surface area contributed by atoms with Crippen LogP contribution in [0.2, 0.25) is 5.02 Å². The molecule has 1 aliphatic rings. The summed E-state index contributed by atoms with van der Waals surface area (Å²) in [5.41, 5.74) is 7.62. The number of fused-ring (bicyclic) bond motifs is 1. The van der Waals surface area contributed by atoms with E-state index in [1.807, 2.05) is 6.07 Å². The van der Waals surface area contributed by atoms with Crippen molar-refractivity contribution in [2.24, 2.45) is 5.73 Å². The predicted octanol–water partition coefficient (Wildman–Crippen LogP) is 2.49. The van der Waals surface area contributed by atoms with Crippen molar-refractivity contribution in [1.82, 2.24) is 0 Å². The second-order valence-corrected chi connectivity index (χ2v) is 4.46. The Balaban J connectivity index is 2.34. The Kier molecular flexibility index (Phi) is 3.17. The van der Waals surface area contributed by atoms with E-state index in [1.165, 1.54) is 0 Å². The molecule has 1 atom stereocenters. The molecular formula is C12H15ClN2O. The lowest BCUT2D eigenvalue weighted by Gasteiger charge is -2.16. The molecule has 0 bridgehead atoms. The molecule has 0 saturated heterocycles. The molecule has 2 N–H and O–H groups in total. The maximum Gasteiger partial charge on any atom is 0.248 e. The third kappa shape index (κ3) is 1.81. The van der Waals surface area contributed by atoms with Crippen molar-refractivity contribution in [3.05, 3.63) is 28.8 Å². The highest BCUT2D eigenvalue weighted by Gasteiger charge is 2.34. The van der Waals surface area contributed by atoms with Gasteiger partial charge in [-0.25, -0.2) is 0 Å². The van der Waals surface area contributed by atoms with E-state index >= 15 is 0 Å². The van der Waals surface area contributed by atoms with Crippen LogP contribution < -0.4 is 10.6 Å². The molecule has 0 fully saturated rings. The highest BCUT2D eigenvalue weighted by Crippen LogP contribution is 2.36. The lowest BCUT2D eigenvalue weighted by atomic mass is 10.1. The minimum absolute atomic E-state index is 0.0225. The molecule has 0 aromatic heterocycles.